The number of nitriles is 1. The van der Waals surface area contributed by atoms with Crippen LogP contribution in [-0.4, -0.2) is 19.8 Å². The molecule has 0 aliphatic rings. The maximum Gasteiger partial charge on any atom is 0.137 e. The number of rotatable bonds is 9. The molecule has 19 heavy (non-hydrogen) atoms. The Bertz CT molecular complexity index is 396. The van der Waals surface area contributed by atoms with Gasteiger partial charge in [0.05, 0.1) is 12.2 Å². The minimum Gasteiger partial charge on any atom is -0.492 e. The van der Waals surface area contributed by atoms with Gasteiger partial charge in [0, 0.05) is 19.6 Å². The Morgan fingerprint density at radius 2 is 1.84 bits per heavy atom. The SMILES string of the molecule is CC(C)CCCOCCCOc1ccccc1C#N. The second kappa shape index (κ2) is 9.41. The summed E-state index contributed by atoms with van der Waals surface area (Å²) in [7, 11) is 0. The molecule has 0 N–H and O–H groups in total. The Balaban J connectivity index is 2.06. The fourth-order valence-electron chi connectivity index (χ4n) is 1.72. The fraction of sp³-hybridized carbons (Fsp3) is 0.562. The van der Waals surface area contributed by atoms with Gasteiger partial charge in [0.1, 0.15) is 11.8 Å². The third-order valence-corrected chi connectivity index (χ3v) is 2.77. The average molecular weight is 261 g/mol. The maximum atomic E-state index is 8.91. The van der Waals surface area contributed by atoms with E-state index >= 15 is 0 Å². The van der Waals surface area contributed by atoms with E-state index in [4.69, 9.17) is 14.7 Å². The molecule has 0 unspecified atom stereocenters. The van der Waals surface area contributed by atoms with E-state index in [1.807, 2.05) is 18.2 Å². The Hall–Kier alpha value is -1.53. The normalized spacial score (nSPS) is 10.4. The van der Waals surface area contributed by atoms with Crippen LogP contribution in [0.4, 0.5) is 0 Å². The molecule has 0 atom stereocenters. The molecular weight excluding hydrogens is 238 g/mol. The highest BCUT2D eigenvalue weighted by atomic mass is 16.5. The summed E-state index contributed by atoms with van der Waals surface area (Å²) in [5, 5.41) is 8.91. The molecule has 1 aromatic rings. The Morgan fingerprint density at radius 1 is 1.11 bits per heavy atom. The van der Waals surface area contributed by atoms with Gasteiger partial charge in [0.15, 0.2) is 0 Å². The summed E-state index contributed by atoms with van der Waals surface area (Å²) >= 11 is 0. The minimum atomic E-state index is 0.584. The van der Waals surface area contributed by atoms with Crippen LogP contribution in [0, 0.1) is 17.2 Å². The summed E-state index contributed by atoms with van der Waals surface area (Å²) in [4.78, 5) is 0. The van der Waals surface area contributed by atoms with Crippen LogP contribution in [0.3, 0.4) is 0 Å². The van der Waals surface area contributed by atoms with Gasteiger partial charge in [-0.15, -0.1) is 0 Å². The van der Waals surface area contributed by atoms with Crippen molar-refractivity contribution in [2.75, 3.05) is 19.8 Å². The van der Waals surface area contributed by atoms with Crippen molar-refractivity contribution in [2.24, 2.45) is 5.92 Å². The topological polar surface area (TPSA) is 42.2 Å². The van der Waals surface area contributed by atoms with Gasteiger partial charge in [0.2, 0.25) is 0 Å². The van der Waals surface area contributed by atoms with Crippen LogP contribution in [0.2, 0.25) is 0 Å². The third kappa shape index (κ3) is 6.83. The molecule has 1 aromatic carbocycles. The monoisotopic (exact) mass is 261 g/mol. The number of nitrogens with zero attached hydrogens (tertiary/aromatic N) is 1. The summed E-state index contributed by atoms with van der Waals surface area (Å²) in [5.74, 6) is 1.40. The molecule has 0 bridgehead atoms. The summed E-state index contributed by atoms with van der Waals surface area (Å²) in [6.07, 6.45) is 3.18. The molecule has 0 radical (unpaired) electrons. The Kier molecular flexibility index (Phi) is 7.69. The van der Waals surface area contributed by atoms with Gasteiger partial charge in [-0.05, 0) is 30.9 Å². The van der Waals surface area contributed by atoms with Gasteiger partial charge in [-0.2, -0.15) is 5.26 Å². The highest BCUT2D eigenvalue weighted by molar-refractivity contribution is 5.42. The molecule has 3 nitrogen and oxygen atoms in total. The smallest absolute Gasteiger partial charge is 0.137 e. The maximum absolute atomic E-state index is 8.91. The molecule has 0 aromatic heterocycles. The van der Waals surface area contributed by atoms with Crippen molar-refractivity contribution in [3.05, 3.63) is 29.8 Å². The van der Waals surface area contributed by atoms with E-state index in [2.05, 4.69) is 19.9 Å². The molecule has 0 fully saturated rings. The Labute approximate surface area is 116 Å². The van der Waals surface area contributed by atoms with Crippen molar-refractivity contribution in [3.63, 3.8) is 0 Å². The van der Waals surface area contributed by atoms with Crippen LogP contribution in [0.5, 0.6) is 5.75 Å². The zero-order chi connectivity index (χ0) is 13.9. The van der Waals surface area contributed by atoms with Gasteiger partial charge < -0.3 is 9.47 Å². The van der Waals surface area contributed by atoms with Crippen molar-refractivity contribution >= 4 is 0 Å². The van der Waals surface area contributed by atoms with Crippen molar-refractivity contribution in [3.8, 4) is 11.8 Å². The van der Waals surface area contributed by atoms with Crippen LogP contribution >= 0.6 is 0 Å². The van der Waals surface area contributed by atoms with Crippen molar-refractivity contribution in [1.29, 1.82) is 5.26 Å². The molecule has 0 aliphatic carbocycles. The largest absolute Gasteiger partial charge is 0.492 e. The second-order valence-electron chi connectivity index (χ2n) is 4.96. The van der Waals surface area contributed by atoms with E-state index in [0.29, 0.717) is 24.5 Å². The van der Waals surface area contributed by atoms with Crippen LogP contribution in [0.25, 0.3) is 0 Å². The molecule has 0 amide bonds. The zero-order valence-corrected chi connectivity index (χ0v) is 11.9. The van der Waals surface area contributed by atoms with Crippen LogP contribution in [-0.2, 0) is 4.74 Å². The van der Waals surface area contributed by atoms with Gasteiger partial charge >= 0.3 is 0 Å². The van der Waals surface area contributed by atoms with E-state index in [1.54, 1.807) is 6.07 Å². The molecule has 3 heteroatoms. The van der Waals surface area contributed by atoms with E-state index < -0.39 is 0 Å². The first-order valence-electron chi connectivity index (χ1n) is 6.93. The van der Waals surface area contributed by atoms with Gasteiger partial charge in [-0.1, -0.05) is 26.0 Å². The van der Waals surface area contributed by atoms with E-state index in [-0.39, 0.29) is 0 Å². The lowest BCUT2D eigenvalue weighted by Gasteiger charge is -2.08. The molecule has 0 aliphatic heterocycles. The van der Waals surface area contributed by atoms with Crippen molar-refractivity contribution in [2.45, 2.75) is 33.1 Å². The predicted octanol–water partition coefficient (Wildman–Crippen LogP) is 3.78. The van der Waals surface area contributed by atoms with Gasteiger partial charge in [-0.3, -0.25) is 0 Å². The first kappa shape index (κ1) is 15.5. The second-order valence-corrected chi connectivity index (χ2v) is 4.96. The predicted molar refractivity (Wildman–Crippen MR) is 76.2 cm³/mol. The van der Waals surface area contributed by atoms with Crippen LogP contribution < -0.4 is 4.74 Å². The minimum absolute atomic E-state index is 0.584. The fourth-order valence-corrected chi connectivity index (χ4v) is 1.72. The highest BCUT2D eigenvalue weighted by Crippen LogP contribution is 2.16. The first-order valence-corrected chi connectivity index (χ1v) is 6.93. The summed E-state index contributed by atoms with van der Waals surface area (Å²) in [6.45, 7) is 6.57. The standard InChI is InChI=1S/C16H23NO2/c1-14(2)7-5-10-18-11-6-12-19-16-9-4-3-8-15(16)13-17/h3-4,8-9,14H,5-7,10-12H2,1-2H3. The molecule has 1 rings (SSSR count). The molecular formula is C16H23NO2. The number of ether oxygens (including phenoxy) is 2. The molecule has 0 heterocycles. The zero-order valence-electron chi connectivity index (χ0n) is 11.9. The number of hydrogen-bond acceptors (Lipinski definition) is 3. The van der Waals surface area contributed by atoms with E-state index in [0.717, 1.165) is 25.4 Å². The summed E-state index contributed by atoms with van der Waals surface area (Å²) in [5.41, 5.74) is 0.584. The Morgan fingerprint density at radius 3 is 2.58 bits per heavy atom. The summed E-state index contributed by atoms with van der Waals surface area (Å²) in [6, 6.07) is 9.41. The lowest BCUT2D eigenvalue weighted by atomic mass is 10.1. The lowest BCUT2D eigenvalue weighted by molar-refractivity contribution is 0.114. The third-order valence-electron chi connectivity index (χ3n) is 2.77. The van der Waals surface area contributed by atoms with Gasteiger partial charge in [0.25, 0.3) is 0 Å². The number of hydrogen-bond donors (Lipinski definition) is 0. The molecule has 0 saturated carbocycles. The lowest BCUT2D eigenvalue weighted by Crippen LogP contribution is -2.05. The van der Waals surface area contributed by atoms with E-state index in [1.165, 1.54) is 6.42 Å². The van der Waals surface area contributed by atoms with Crippen LogP contribution in [0.1, 0.15) is 38.7 Å². The summed E-state index contributed by atoms with van der Waals surface area (Å²) < 4.78 is 11.1. The van der Waals surface area contributed by atoms with Gasteiger partial charge in [-0.25, -0.2) is 0 Å². The highest BCUT2D eigenvalue weighted by Gasteiger charge is 2.01. The van der Waals surface area contributed by atoms with E-state index in [9.17, 15) is 0 Å². The number of benzene rings is 1. The first-order chi connectivity index (χ1) is 9.24. The quantitative estimate of drug-likeness (QED) is 0.635. The molecule has 104 valence electrons. The number of para-hydroxylation sites is 1. The average Bonchev–Trinajstić information content (AvgIpc) is 2.42. The van der Waals surface area contributed by atoms with Crippen molar-refractivity contribution < 1.29 is 9.47 Å². The van der Waals surface area contributed by atoms with Crippen LogP contribution in [0.15, 0.2) is 24.3 Å². The molecule has 0 spiro atoms. The molecule has 0 saturated heterocycles. The van der Waals surface area contributed by atoms with Crippen molar-refractivity contribution in [1.82, 2.24) is 0 Å².